The predicted molar refractivity (Wildman–Crippen MR) is 73.4 cm³/mol. The predicted octanol–water partition coefficient (Wildman–Crippen LogP) is 2.91. The minimum atomic E-state index is 0.817. The third kappa shape index (κ3) is 4.30. The molecule has 0 aromatic heterocycles. The van der Waals surface area contributed by atoms with Gasteiger partial charge in [0.05, 0.1) is 0 Å². The molecule has 3 heteroatoms. The van der Waals surface area contributed by atoms with Gasteiger partial charge in [-0.1, -0.05) is 30.7 Å². The first-order valence-corrected chi connectivity index (χ1v) is 6.86. The van der Waals surface area contributed by atoms with Gasteiger partial charge in [-0.3, -0.25) is 4.90 Å². The highest BCUT2D eigenvalue weighted by Gasteiger charge is 2.26. The van der Waals surface area contributed by atoms with Crippen LogP contribution in [0.3, 0.4) is 0 Å². The van der Waals surface area contributed by atoms with Crippen LogP contribution in [0, 0.1) is 0 Å². The molecule has 1 fully saturated rings. The van der Waals surface area contributed by atoms with Crippen molar-refractivity contribution < 1.29 is 0 Å². The van der Waals surface area contributed by atoms with Gasteiger partial charge in [0.2, 0.25) is 0 Å². The molecule has 94 valence electrons. The molecule has 0 amide bonds. The van der Waals surface area contributed by atoms with Gasteiger partial charge in [0, 0.05) is 30.7 Å². The van der Waals surface area contributed by atoms with Crippen LogP contribution >= 0.6 is 11.6 Å². The van der Waals surface area contributed by atoms with Crippen molar-refractivity contribution in [2.75, 3.05) is 19.6 Å². The van der Waals surface area contributed by atoms with Gasteiger partial charge in [-0.2, -0.15) is 0 Å². The lowest BCUT2D eigenvalue weighted by molar-refractivity contribution is 0.277. The Morgan fingerprint density at radius 2 is 2.24 bits per heavy atom. The fourth-order valence-corrected chi connectivity index (χ4v) is 2.35. The van der Waals surface area contributed by atoms with Gasteiger partial charge < -0.3 is 5.32 Å². The summed E-state index contributed by atoms with van der Waals surface area (Å²) in [5.41, 5.74) is 1.26. The first kappa shape index (κ1) is 12.9. The lowest BCUT2D eigenvalue weighted by Crippen LogP contribution is -2.33. The Labute approximate surface area is 109 Å². The van der Waals surface area contributed by atoms with Gasteiger partial charge in [-0.15, -0.1) is 0 Å². The zero-order chi connectivity index (χ0) is 12.1. The molecule has 1 aliphatic carbocycles. The van der Waals surface area contributed by atoms with Gasteiger partial charge in [0.1, 0.15) is 0 Å². The number of benzene rings is 1. The average Bonchev–Trinajstić information content (AvgIpc) is 3.13. The van der Waals surface area contributed by atoms with E-state index >= 15 is 0 Å². The molecule has 1 aliphatic rings. The second-order valence-electron chi connectivity index (χ2n) is 4.67. The number of rotatable bonds is 7. The minimum absolute atomic E-state index is 0.817. The van der Waals surface area contributed by atoms with E-state index in [1.807, 2.05) is 18.2 Å². The van der Waals surface area contributed by atoms with Crippen LogP contribution in [0.2, 0.25) is 5.02 Å². The number of nitrogens with one attached hydrogen (secondary N) is 1. The largest absolute Gasteiger partial charge is 0.311 e. The molecule has 0 spiro atoms. The first-order chi connectivity index (χ1) is 8.29. The summed E-state index contributed by atoms with van der Waals surface area (Å²) >= 11 is 5.94. The summed E-state index contributed by atoms with van der Waals surface area (Å²) in [6.45, 7) is 6.53. The smallest absolute Gasteiger partial charge is 0.0409 e. The van der Waals surface area contributed by atoms with Gasteiger partial charge in [-0.25, -0.2) is 0 Å². The molecule has 0 aliphatic heterocycles. The second kappa shape index (κ2) is 6.39. The van der Waals surface area contributed by atoms with Crippen molar-refractivity contribution in [1.82, 2.24) is 10.2 Å². The average molecular weight is 253 g/mol. The molecular weight excluding hydrogens is 232 g/mol. The quantitative estimate of drug-likeness (QED) is 0.751. The Kier molecular flexibility index (Phi) is 4.84. The SMILES string of the molecule is CCN(CCNCc1cccc(Cl)c1)C1CC1. The lowest BCUT2D eigenvalue weighted by atomic mass is 10.2. The highest BCUT2D eigenvalue weighted by Crippen LogP contribution is 2.25. The fourth-order valence-electron chi connectivity index (χ4n) is 2.14. The van der Waals surface area contributed by atoms with E-state index < -0.39 is 0 Å². The van der Waals surface area contributed by atoms with E-state index in [4.69, 9.17) is 11.6 Å². The summed E-state index contributed by atoms with van der Waals surface area (Å²) in [7, 11) is 0. The second-order valence-corrected chi connectivity index (χ2v) is 5.10. The highest BCUT2D eigenvalue weighted by atomic mass is 35.5. The van der Waals surface area contributed by atoms with Gasteiger partial charge >= 0.3 is 0 Å². The molecule has 1 aromatic rings. The van der Waals surface area contributed by atoms with Crippen LogP contribution in [0.15, 0.2) is 24.3 Å². The van der Waals surface area contributed by atoms with E-state index in [1.54, 1.807) is 0 Å². The summed E-state index contributed by atoms with van der Waals surface area (Å²) in [5, 5.41) is 4.29. The van der Waals surface area contributed by atoms with E-state index in [1.165, 1.54) is 24.9 Å². The molecule has 0 atom stereocenters. The van der Waals surface area contributed by atoms with Crippen molar-refractivity contribution in [2.24, 2.45) is 0 Å². The monoisotopic (exact) mass is 252 g/mol. The van der Waals surface area contributed by atoms with Crippen LogP contribution < -0.4 is 5.32 Å². The first-order valence-electron chi connectivity index (χ1n) is 6.49. The molecule has 0 heterocycles. The number of hydrogen-bond acceptors (Lipinski definition) is 2. The Morgan fingerprint density at radius 3 is 2.88 bits per heavy atom. The molecule has 17 heavy (non-hydrogen) atoms. The Balaban J connectivity index is 1.65. The molecule has 0 radical (unpaired) electrons. The number of halogens is 1. The van der Waals surface area contributed by atoms with Crippen molar-refractivity contribution in [2.45, 2.75) is 32.4 Å². The zero-order valence-electron chi connectivity index (χ0n) is 10.5. The summed E-state index contributed by atoms with van der Waals surface area (Å²) in [4.78, 5) is 2.56. The molecule has 0 unspecified atom stereocenters. The normalized spacial score (nSPS) is 15.5. The van der Waals surface area contributed by atoms with E-state index in [9.17, 15) is 0 Å². The van der Waals surface area contributed by atoms with Crippen LogP contribution in [0.25, 0.3) is 0 Å². The van der Waals surface area contributed by atoms with Crippen molar-refractivity contribution in [1.29, 1.82) is 0 Å². The van der Waals surface area contributed by atoms with Crippen LogP contribution in [0.4, 0.5) is 0 Å². The van der Waals surface area contributed by atoms with E-state index in [0.29, 0.717) is 0 Å². The molecule has 0 bridgehead atoms. The molecule has 2 rings (SSSR count). The molecule has 1 N–H and O–H groups in total. The Hall–Kier alpha value is -0.570. The standard InChI is InChI=1S/C14H21ClN2/c1-2-17(14-6-7-14)9-8-16-11-12-4-3-5-13(15)10-12/h3-5,10,14,16H,2,6-9,11H2,1H3. The molecule has 1 saturated carbocycles. The minimum Gasteiger partial charge on any atom is -0.311 e. The van der Waals surface area contributed by atoms with Crippen LogP contribution in [0.1, 0.15) is 25.3 Å². The van der Waals surface area contributed by atoms with Crippen molar-refractivity contribution in [3.05, 3.63) is 34.9 Å². The summed E-state index contributed by atoms with van der Waals surface area (Å²) in [6.07, 6.45) is 2.78. The number of nitrogens with zero attached hydrogens (tertiary/aromatic N) is 1. The lowest BCUT2D eigenvalue weighted by Gasteiger charge is -2.19. The van der Waals surface area contributed by atoms with E-state index in [-0.39, 0.29) is 0 Å². The fraction of sp³-hybridized carbons (Fsp3) is 0.571. The van der Waals surface area contributed by atoms with Gasteiger partial charge in [-0.05, 0) is 37.1 Å². The third-order valence-corrected chi connectivity index (χ3v) is 3.50. The van der Waals surface area contributed by atoms with Gasteiger partial charge in [0.25, 0.3) is 0 Å². The zero-order valence-corrected chi connectivity index (χ0v) is 11.2. The van der Waals surface area contributed by atoms with Crippen molar-refractivity contribution >= 4 is 11.6 Å². The van der Waals surface area contributed by atoms with Crippen molar-refractivity contribution in [3.63, 3.8) is 0 Å². The number of hydrogen-bond donors (Lipinski definition) is 1. The van der Waals surface area contributed by atoms with E-state index in [0.717, 1.165) is 30.7 Å². The van der Waals surface area contributed by atoms with Gasteiger partial charge in [0.15, 0.2) is 0 Å². The summed E-state index contributed by atoms with van der Waals surface area (Å²) < 4.78 is 0. The maximum absolute atomic E-state index is 5.94. The van der Waals surface area contributed by atoms with Crippen LogP contribution in [-0.4, -0.2) is 30.6 Å². The van der Waals surface area contributed by atoms with Crippen molar-refractivity contribution in [3.8, 4) is 0 Å². The topological polar surface area (TPSA) is 15.3 Å². The molecule has 2 nitrogen and oxygen atoms in total. The summed E-state index contributed by atoms with van der Waals surface area (Å²) in [5.74, 6) is 0. The highest BCUT2D eigenvalue weighted by molar-refractivity contribution is 6.30. The molecule has 0 saturated heterocycles. The number of likely N-dealkylation sites (N-methyl/N-ethyl adjacent to an activating group) is 1. The van der Waals surface area contributed by atoms with Crippen LogP contribution in [0.5, 0.6) is 0 Å². The Bertz CT molecular complexity index is 350. The molecule has 1 aromatic carbocycles. The Morgan fingerprint density at radius 1 is 1.41 bits per heavy atom. The third-order valence-electron chi connectivity index (χ3n) is 3.26. The maximum atomic E-state index is 5.94. The van der Waals surface area contributed by atoms with E-state index in [2.05, 4.69) is 23.2 Å². The maximum Gasteiger partial charge on any atom is 0.0409 e. The molecular formula is C14H21ClN2. The summed E-state index contributed by atoms with van der Waals surface area (Å²) in [6, 6.07) is 8.91. The van der Waals surface area contributed by atoms with Crippen LogP contribution in [-0.2, 0) is 6.54 Å².